The molecule has 0 spiro atoms. The van der Waals surface area contributed by atoms with Gasteiger partial charge >= 0.3 is 52.6 Å². The van der Waals surface area contributed by atoms with Crippen LogP contribution in [-0.4, -0.2) is 171 Å². The molecule has 0 saturated carbocycles. The van der Waals surface area contributed by atoms with Crippen molar-refractivity contribution in [1.29, 1.82) is 0 Å². The molecule has 3 fully saturated rings. The molecule has 0 amide bonds. The summed E-state index contributed by atoms with van der Waals surface area (Å²) in [4.78, 5) is 107. The Morgan fingerprint density at radius 2 is 0.770 bits per heavy atom. The van der Waals surface area contributed by atoms with E-state index in [1.54, 1.807) is 34.6 Å². The molecule has 3 aromatic heterocycles. The summed E-state index contributed by atoms with van der Waals surface area (Å²) in [7, 11) is 0. The fraction of sp³-hybridized carbons (Fsp3) is 0.500. The quantitative estimate of drug-likeness (QED) is 0.0124. The van der Waals surface area contributed by atoms with Gasteiger partial charge in [-0.05, 0) is 152 Å². The van der Waals surface area contributed by atoms with Crippen molar-refractivity contribution in [2.24, 2.45) is 0 Å². The molecular formula is C66H90N18O15S. The van der Waals surface area contributed by atoms with Gasteiger partial charge in [0.05, 0.1) is 41.2 Å². The fourth-order valence-corrected chi connectivity index (χ4v) is 11.6. The number of nitrogen functional groups attached to an aromatic ring is 3. The van der Waals surface area contributed by atoms with Crippen LogP contribution in [0.3, 0.4) is 0 Å². The van der Waals surface area contributed by atoms with Gasteiger partial charge in [-0.25, -0.2) is 19.9 Å². The third-order valence-corrected chi connectivity index (χ3v) is 15.8. The van der Waals surface area contributed by atoms with Crippen LogP contribution in [0.4, 0.5) is 52.0 Å². The molecule has 3 saturated heterocycles. The van der Waals surface area contributed by atoms with Gasteiger partial charge < -0.3 is 50.8 Å². The minimum Gasteiger partial charge on any atom is -0.465 e. The number of benzene rings is 3. The molecule has 34 heteroatoms. The fourth-order valence-electron chi connectivity index (χ4n) is 11.6. The van der Waals surface area contributed by atoms with E-state index in [1.807, 2.05) is 49.4 Å². The summed E-state index contributed by atoms with van der Waals surface area (Å²) in [6, 6.07) is 23.9. The molecule has 3 aromatic carbocycles. The monoisotopic (exact) mass is 1410 g/mol. The zero-order valence-corrected chi connectivity index (χ0v) is 58.3. The average molecular weight is 1410 g/mol. The first-order chi connectivity index (χ1) is 48.1. The van der Waals surface area contributed by atoms with E-state index in [4.69, 9.17) is 44.6 Å². The van der Waals surface area contributed by atoms with Crippen molar-refractivity contribution in [2.75, 3.05) is 117 Å². The standard InChI is InChI=1S/C24H34N6O5.2C21H28N6O4.O2S/c1-3-5-13-35-24-26-22(25)21(30(32)33)23(27-24)29(17-20(31)34-4-2)16-19-10-8-9-18(14-19)15-28-11-6-7-12-28;2*1-3-31-18(28)14-26(21-19(27(29)30)20(22)23-15(2)24-21)13-17-8-6-7-16(11-17)12-25-9-4-5-10-25;1-3-2/h8-10,14H,3-7,11-13,15-17H2,1-2H3,(H2,25,26,27);2*6-8,11H,3-5,9-10,12-14H2,1-2H3,(H2,22,23,24);. The van der Waals surface area contributed by atoms with Crippen molar-refractivity contribution in [3.05, 3.63) is 148 Å². The average Bonchev–Trinajstić information content (AvgIpc) is 0.970. The van der Waals surface area contributed by atoms with Crippen molar-refractivity contribution in [3.8, 4) is 6.01 Å². The van der Waals surface area contributed by atoms with Gasteiger partial charge in [-0.15, -0.1) is 0 Å². The molecular weight excluding hydrogens is 1320 g/mol. The number of hydrogen-bond acceptors (Lipinski definition) is 30. The highest BCUT2D eigenvalue weighted by molar-refractivity contribution is 7.51. The van der Waals surface area contributed by atoms with Gasteiger partial charge in [-0.1, -0.05) is 86.1 Å². The number of likely N-dealkylation sites (tertiary alicyclic amines) is 3. The van der Waals surface area contributed by atoms with Crippen molar-refractivity contribution < 1.29 is 56.5 Å². The smallest absolute Gasteiger partial charge is 0.353 e. The van der Waals surface area contributed by atoms with Crippen molar-refractivity contribution in [2.45, 2.75) is 132 Å². The van der Waals surface area contributed by atoms with Gasteiger partial charge in [0.25, 0.3) is 0 Å². The number of anilines is 6. The first-order valence-electron chi connectivity index (χ1n) is 33.1. The Morgan fingerprint density at radius 3 is 1.06 bits per heavy atom. The molecule has 3 aliphatic rings. The molecule has 0 bridgehead atoms. The molecule has 100 heavy (non-hydrogen) atoms. The summed E-state index contributed by atoms with van der Waals surface area (Å²) >= 11 is -0.750. The summed E-state index contributed by atoms with van der Waals surface area (Å²) in [5, 5.41) is 35.2. The highest BCUT2D eigenvalue weighted by Crippen LogP contribution is 2.36. The van der Waals surface area contributed by atoms with Crippen molar-refractivity contribution in [1.82, 2.24) is 44.6 Å². The summed E-state index contributed by atoms with van der Waals surface area (Å²) < 4.78 is 37.4. The molecule has 6 heterocycles. The minimum atomic E-state index is -0.750. The Balaban J connectivity index is 0.000000232. The first-order valence-corrected chi connectivity index (χ1v) is 33.8. The van der Waals surface area contributed by atoms with E-state index in [0.717, 1.165) is 105 Å². The van der Waals surface area contributed by atoms with E-state index in [0.29, 0.717) is 6.61 Å². The van der Waals surface area contributed by atoms with Crippen LogP contribution in [0.1, 0.15) is 124 Å². The van der Waals surface area contributed by atoms with E-state index >= 15 is 0 Å². The van der Waals surface area contributed by atoms with Gasteiger partial charge in [-0.2, -0.15) is 18.4 Å². The second kappa shape index (κ2) is 40.6. The van der Waals surface area contributed by atoms with Crippen molar-refractivity contribution >= 4 is 81.4 Å². The van der Waals surface area contributed by atoms with Crippen LogP contribution in [0.2, 0.25) is 0 Å². The van der Waals surface area contributed by atoms with E-state index in [9.17, 15) is 44.7 Å². The zero-order valence-electron chi connectivity index (χ0n) is 57.5. The number of rotatable bonds is 31. The molecule has 3 aliphatic heterocycles. The second-order valence-corrected chi connectivity index (χ2v) is 23.8. The number of hydrogen-bond donors (Lipinski definition) is 3. The number of ether oxygens (including phenoxy) is 4. The van der Waals surface area contributed by atoms with E-state index in [2.05, 4.69) is 74.9 Å². The lowest BCUT2D eigenvalue weighted by atomic mass is 10.1. The number of nitrogens with zero attached hydrogens (tertiary/aromatic N) is 15. The molecule has 6 aromatic rings. The van der Waals surface area contributed by atoms with E-state index < -0.39 is 61.3 Å². The first kappa shape index (κ1) is 78.8. The van der Waals surface area contributed by atoms with Crippen LogP contribution >= 0.6 is 0 Å². The van der Waals surface area contributed by atoms with Gasteiger partial charge in [-0.3, -0.25) is 59.4 Å². The number of aryl methyl sites for hydroxylation is 2. The Labute approximate surface area is 583 Å². The lowest BCUT2D eigenvalue weighted by Crippen LogP contribution is -2.32. The number of aromatic nitrogens is 6. The van der Waals surface area contributed by atoms with E-state index in [1.165, 1.54) is 53.2 Å². The molecule has 0 unspecified atom stereocenters. The largest absolute Gasteiger partial charge is 0.465 e. The highest BCUT2D eigenvalue weighted by atomic mass is 32.1. The predicted molar refractivity (Wildman–Crippen MR) is 374 cm³/mol. The molecule has 0 radical (unpaired) electrons. The van der Waals surface area contributed by atoms with Crippen LogP contribution in [0.5, 0.6) is 6.01 Å². The number of unbranched alkanes of at least 4 members (excludes halogenated alkanes) is 1. The summed E-state index contributed by atoms with van der Waals surface area (Å²) in [6.07, 6.45) is 8.93. The second-order valence-electron chi connectivity index (χ2n) is 23.7. The maximum Gasteiger partial charge on any atom is 0.353 e. The molecule has 6 N–H and O–H groups in total. The third-order valence-electron chi connectivity index (χ3n) is 15.8. The van der Waals surface area contributed by atoms with Crippen LogP contribution in [0.25, 0.3) is 0 Å². The summed E-state index contributed by atoms with van der Waals surface area (Å²) in [5.41, 5.74) is 22.4. The van der Waals surface area contributed by atoms with Crippen LogP contribution in [0.15, 0.2) is 72.8 Å². The number of carbonyl (C=O) groups excluding carboxylic acids is 3. The predicted octanol–water partition coefficient (Wildman–Crippen LogP) is 7.52. The summed E-state index contributed by atoms with van der Waals surface area (Å²) in [5.74, 6) is -1.80. The number of carbonyl (C=O) groups is 3. The Morgan fingerprint density at radius 1 is 0.480 bits per heavy atom. The molecule has 9 rings (SSSR count). The van der Waals surface area contributed by atoms with Crippen molar-refractivity contribution in [3.63, 3.8) is 0 Å². The topological polar surface area (TPSA) is 427 Å². The van der Waals surface area contributed by atoms with Crippen LogP contribution < -0.4 is 36.6 Å². The van der Waals surface area contributed by atoms with Gasteiger partial charge in [0.2, 0.25) is 34.9 Å². The lowest BCUT2D eigenvalue weighted by Gasteiger charge is -2.24. The number of nitrogens with two attached hydrogens (primary N) is 3. The van der Waals surface area contributed by atoms with E-state index in [-0.39, 0.29) is 112 Å². The maximum absolute atomic E-state index is 12.4. The third kappa shape index (κ3) is 25.0. The number of esters is 3. The highest BCUT2D eigenvalue weighted by Gasteiger charge is 2.33. The summed E-state index contributed by atoms with van der Waals surface area (Å²) in [6.45, 7) is 20.4. The SMILES string of the molecule is CCCCOc1nc(N)c([N+](=O)[O-])c(N(CC(=O)OCC)Cc2cccc(CN3CCCC3)c2)n1.CCOC(=O)CN(Cc1cccc(CN2CCCC2)c1)c1nc(C)nc(N)c1[N+](=O)[O-].CCOC(=O)CN(Cc1cccc(CN2CCCC2)c1)c1nc(C)nc(N)c1[N+](=O)[O-].O=S=O. The lowest BCUT2D eigenvalue weighted by molar-refractivity contribution is -0.383. The maximum atomic E-state index is 12.4. The normalized spacial score (nSPS) is 13.5. The Hall–Kier alpha value is -10.2. The van der Waals surface area contributed by atoms with Gasteiger partial charge in [0, 0.05) is 39.3 Å². The van der Waals surface area contributed by atoms with Gasteiger partial charge in [0.1, 0.15) is 31.3 Å². The van der Waals surface area contributed by atoms with Crippen LogP contribution in [-0.2, 0) is 79.4 Å². The number of nitro groups is 3. The molecule has 0 aliphatic carbocycles. The molecule has 540 valence electrons. The molecule has 33 nitrogen and oxygen atoms in total. The van der Waals surface area contributed by atoms with Gasteiger partial charge in [0.15, 0.2) is 0 Å². The Bertz CT molecular complexity index is 3610. The minimum absolute atomic E-state index is 0.00741. The Kier molecular flexibility index (Phi) is 32.0. The zero-order chi connectivity index (χ0) is 72.7. The molecule has 0 atom stereocenters. The van der Waals surface area contributed by atoms with Crippen LogP contribution in [0, 0.1) is 44.2 Å².